The molecule has 0 aromatic heterocycles. The average Bonchev–Trinajstić information content (AvgIpc) is 2.90. The van der Waals surface area contributed by atoms with Crippen LogP contribution in [0.2, 0.25) is 0 Å². The number of hydrogen-bond donors (Lipinski definition) is 1. The Hall–Kier alpha value is -1.87. The van der Waals surface area contributed by atoms with Gasteiger partial charge in [0.1, 0.15) is 11.6 Å². The number of ether oxygens (including phenoxy) is 1. The molecule has 104 valence electrons. The Balaban J connectivity index is 1.98. The van der Waals surface area contributed by atoms with Crippen molar-refractivity contribution in [3.05, 3.63) is 64.0 Å². The zero-order valence-electron chi connectivity index (χ0n) is 11.7. The Kier molecular flexibility index (Phi) is 3.22. The topological polar surface area (TPSA) is 35.2 Å². The molecule has 0 aliphatic carbocycles. The van der Waals surface area contributed by atoms with Crippen molar-refractivity contribution in [3.63, 3.8) is 0 Å². The van der Waals surface area contributed by atoms with Crippen LogP contribution in [-0.2, 0) is 6.42 Å². The highest BCUT2D eigenvalue weighted by atomic mass is 19.1. The van der Waals surface area contributed by atoms with Crippen molar-refractivity contribution >= 4 is 0 Å². The fraction of sp³-hybridized carbons (Fsp3) is 0.294. The summed E-state index contributed by atoms with van der Waals surface area (Å²) < 4.78 is 19.2. The molecule has 0 spiro atoms. The van der Waals surface area contributed by atoms with E-state index in [0.29, 0.717) is 11.1 Å². The van der Waals surface area contributed by atoms with Gasteiger partial charge in [-0.3, -0.25) is 0 Å². The molecule has 20 heavy (non-hydrogen) atoms. The van der Waals surface area contributed by atoms with Crippen LogP contribution in [0.1, 0.15) is 33.9 Å². The molecule has 0 saturated heterocycles. The Morgan fingerprint density at radius 3 is 2.50 bits per heavy atom. The number of nitrogens with two attached hydrogens (primary N) is 1. The Labute approximate surface area is 118 Å². The van der Waals surface area contributed by atoms with Crippen LogP contribution in [0.3, 0.4) is 0 Å². The fourth-order valence-corrected chi connectivity index (χ4v) is 2.75. The first-order valence-corrected chi connectivity index (χ1v) is 6.84. The Morgan fingerprint density at radius 1 is 1.10 bits per heavy atom. The number of rotatable bonds is 2. The van der Waals surface area contributed by atoms with Crippen LogP contribution in [0.15, 0.2) is 30.3 Å². The maximum atomic E-state index is 13.7. The van der Waals surface area contributed by atoms with Gasteiger partial charge in [-0.05, 0) is 47.7 Å². The highest BCUT2D eigenvalue weighted by Crippen LogP contribution is 2.30. The molecule has 1 atom stereocenters. The minimum absolute atomic E-state index is 0.150. The van der Waals surface area contributed by atoms with Gasteiger partial charge in [0.15, 0.2) is 0 Å². The van der Waals surface area contributed by atoms with E-state index in [-0.39, 0.29) is 11.9 Å². The molecule has 1 heterocycles. The maximum Gasteiger partial charge on any atom is 0.129 e. The van der Waals surface area contributed by atoms with Gasteiger partial charge < -0.3 is 10.5 Å². The molecule has 2 aromatic rings. The minimum Gasteiger partial charge on any atom is -0.493 e. The van der Waals surface area contributed by atoms with Gasteiger partial charge in [0.2, 0.25) is 0 Å². The molecule has 0 bridgehead atoms. The van der Waals surface area contributed by atoms with Crippen LogP contribution in [0.4, 0.5) is 4.39 Å². The lowest BCUT2D eigenvalue weighted by atomic mass is 9.94. The molecular weight excluding hydrogens is 253 g/mol. The van der Waals surface area contributed by atoms with Crippen molar-refractivity contribution in [3.8, 4) is 5.75 Å². The molecular formula is C17H18FNO. The maximum absolute atomic E-state index is 13.7. The zero-order chi connectivity index (χ0) is 14.3. The van der Waals surface area contributed by atoms with E-state index in [2.05, 4.69) is 6.07 Å². The normalized spacial score (nSPS) is 14.8. The quantitative estimate of drug-likeness (QED) is 0.908. The zero-order valence-corrected chi connectivity index (χ0v) is 11.7. The Bertz CT molecular complexity index is 643. The molecule has 1 aliphatic heterocycles. The predicted octanol–water partition coefficient (Wildman–Crippen LogP) is 3.43. The van der Waals surface area contributed by atoms with Gasteiger partial charge in [0.25, 0.3) is 0 Å². The molecule has 2 nitrogen and oxygen atoms in total. The third-order valence-electron chi connectivity index (χ3n) is 3.89. The van der Waals surface area contributed by atoms with Crippen molar-refractivity contribution in [1.29, 1.82) is 0 Å². The predicted molar refractivity (Wildman–Crippen MR) is 77.5 cm³/mol. The lowest BCUT2D eigenvalue weighted by Gasteiger charge is -2.16. The standard InChI is InChI=1S/C17H18FNO/c1-10-7-14(8-11(2)16(10)18)17(19)13-3-4-15-12(9-13)5-6-20-15/h3-4,7-9,17H,5-6,19H2,1-2H3. The van der Waals surface area contributed by atoms with E-state index in [4.69, 9.17) is 10.5 Å². The molecule has 0 amide bonds. The molecule has 0 radical (unpaired) electrons. The molecule has 2 N–H and O–H groups in total. The van der Waals surface area contributed by atoms with E-state index in [1.165, 1.54) is 5.56 Å². The van der Waals surface area contributed by atoms with Gasteiger partial charge in [0.05, 0.1) is 12.6 Å². The lowest BCUT2D eigenvalue weighted by Crippen LogP contribution is -2.13. The van der Waals surface area contributed by atoms with Crippen LogP contribution in [0, 0.1) is 19.7 Å². The molecule has 2 aromatic carbocycles. The number of hydrogen-bond acceptors (Lipinski definition) is 2. The van der Waals surface area contributed by atoms with Crippen molar-refractivity contribution in [1.82, 2.24) is 0 Å². The average molecular weight is 271 g/mol. The van der Waals surface area contributed by atoms with Crippen LogP contribution < -0.4 is 10.5 Å². The number of aryl methyl sites for hydroxylation is 2. The van der Waals surface area contributed by atoms with E-state index >= 15 is 0 Å². The second-order valence-corrected chi connectivity index (χ2v) is 5.41. The van der Waals surface area contributed by atoms with Gasteiger partial charge in [-0.1, -0.05) is 24.3 Å². The second-order valence-electron chi connectivity index (χ2n) is 5.41. The van der Waals surface area contributed by atoms with Crippen LogP contribution in [0.25, 0.3) is 0 Å². The van der Waals surface area contributed by atoms with Gasteiger partial charge in [0, 0.05) is 6.42 Å². The number of fused-ring (bicyclic) bond motifs is 1. The molecule has 0 fully saturated rings. The van der Waals surface area contributed by atoms with E-state index in [1.54, 1.807) is 13.8 Å². The van der Waals surface area contributed by atoms with Gasteiger partial charge in [-0.2, -0.15) is 0 Å². The summed E-state index contributed by atoms with van der Waals surface area (Å²) in [7, 11) is 0. The molecule has 0 saturated carbocycles. The van der Waals surface area contributed by atoms with E-state index < -0.39 is 0 Å². The second kappa shape index (κ2) is 4.91. The fourth-order valence-electron chi connectivity index (χ4n) is 2.75. The van der Waals surface area contributed by atoms with E-state index in [1.807, 2.05) is 24.3 Å². The van der Waals surface area contributed by atoms with Gasteiger partial charge in [-0.25, -0.2) is 4.39 Å². The summed E-state index contributed by atoms with van der Waals surface area (Å²) in [5.74, 6) is 0.802. The van der Waals surface area contributed by atoms with Crippen LogP contribution in [-0.4, -0.2) is 6.61 Å². The summed E-state index contributed by atoms with van der Waals surface area (Å²) in [5, 5.41) is 0. The molecule has 3 heteroatoms. The first kappa shape index (κ1) is 13.1. The monoisotopic (exact) mass is 271 g/mol. The third kappa shape index (κ3) is 2.18. The van der Waals surface area contributed by atoms with Gasteiger partial charge in [-0.15, -0.1) is 0 Å². The SMILES string of the molecule is Cc1cc(C(N)c2ccc3c(c2)CCO3)cc(C)c1F. The van der Waals surface area contributed by atoms with Crippen molar-refractivity contribution in [2.45, 2.75) is 26.3 Å². The van der Waals surface area contributed by atoms with E-state index in [0.717, 1.165) is 29.9 Å². The summed E-state index contributed by atoms with van der Waals surface area (Å²) in [6.45, 7) is 4.28. The summed E-state index contributed by atoms with van der Waals surface area (Å²) in [5.41, 5.74) is 10.8. The highest BCUT2D eigenvalue weighted by molar-refractivity contribution is 5.44. The first-order valence-electron chi connectivity index (χ1n) is 6.84. The summed E-state index contributed by atoms with van der Waals surface area (Å²) in [6.07, 6.45) is 0.928. The summed E-state index contributed by atoms with van der Waals surface area (Å²) in [4.78, 5) is 0. The summed E-state index contributed by atoms with van der Waals surface area (Å²) >= 11 is 0. The van der Waals surface area contributed by atoms with Gasteiger partial charge >= 0.3 is 0 Å². The van der Waals surface area contributed by atoms with Crippen LogP contribution in [0.5, 0.6) is 5.75 Å². The van der Waals surface area contributed by atoms with Crippen LogP contribution >= 0.6 is 0 Å². The van der Waals surface area contributed by atoms with Crippen molar-refractivity contribution in [2.75, 3.05) is 6.61 Å². The largest absolute Gasteiger partial charge is 0.493 e. The Morgan fingerprint density at radius 2 is 1.80 bits per heavy atom. The molecule has 3 rings (SSSR count). The summed E-state index contributed by atoms with van der Waals surface area (Å²) in [6, 6.07) is 9.48. The minimum atomic E-state index is -0.237. The number of halogens is 1. The third-order valence-corrected chi connectivity index (χ3v) is 3.89. The smallest absolute Gasteiger partial charge is 0.129 e. The van der Waals surface area contributed by atoms with Crippen molar-refractivity contribution in [2.24, 2.45) is 5.73 Å². The molecule has 1 aliphatic rings. The number of benzene rings is 2. The van der Waals surface area contributed by atoms with Crippen molar-refractivity contribution < 1.29 is 9.13 Å². The van der Waals surface area contributed by atoms with E-state index in [9.17, 15) is 4.39 Å². The highest BCUT2D eigenvalue weighted by Gasteiger charge is 2.17. The molecule has 1 unspecified atom stereocenters. The first-order chi connectivity index (χ1) is 9.56. The lowest BCUT2D eigenvalue weighted by molar-refractivity contribution is 0.357.